The predicted octanol–water partition coefficient (Wildman–Crippen LogP) is 0.549. The normalized spacial score (nSPS) is 19.2. The van der Waals surface area contributed by atoms with E-state index in [4.69, 9.17) is 17.3 Å². The third-order valence-corrected chi connectivity index (χ3v) is 3.73. The number of amides is 2. The molecular formula is C14H19ClN4O2. The summed E-state index contributed by atoms with van der Waals surface area (Å²) in [6, 6.07) is 3.52. The van der Waals surface area contributed by atoms with E-state index in [1.165, 1.54) is 0 Å². The van der Waals surface area contributed by atoms with Gasteiger partial charge in [0.25, 0.3) is 0 Å². The summed E-state index contributed by atoms with van der Waals surface area (Å²) >= 11 is 5.71. The maximum atomic E-state index is 12.2. The molecule has 1 atom stereocenters. The third-order valence-electron chi connectivity index (χ3n) is 3.51. The summed E-state index contributed by atoms with van der Waals surface area (Å²) < 4.78 is 0. The van der Waals surface area contributed by atoms with E-state index in [1.54, 1.807) is 12.3 Å². The molecular weight excluding hydrogens is 292 g/mol. The summed E-state index contributed by atoms with van der Waals surface area (Å²) in [5.41, 5.74) is 6.09. The van der Waals surface area contributed by atoms with Crippen molar-refractivity contribution < 1.29 is 9.59 Å². The highest BCUT2D eigenvalue weighted by atomic mass is 35.5. The van der Waals surface area contributed by atoms with Crippen molar-refractivity contribution in [1.29, 1.82) is 0 Å². The SMILES string of the molecule is NC(=O)CN1CCC[C@@H](C(=O)NCc2ccc(Cl)nc2)C1. The number of pyridine rings is 1. The molecule has 0 radical (unpaired) electrons. The van der Waals surface area contributed by atoms with Gasteiger partial charge in [0, 0.05) is 19.3 Å². The molecule has 0 bridgehead atoms. The molecule has 0 unspecified atom stereocenters. The van der Waals surface area contributed by atoms with E-state index in [-0.39, 0.29) is 24.3 Å². The number of primary amides is 1. The second-order valence-corrected chi connectivity index (χ2v) is 5.63. The molecule has 7 heteroatoms. The maximum Gasteiger partial charge on any atom is 0.231 e. The second-order valence-electron chi connectivity index (χ2n) is 5.25. The number of hydrogen-bond acceptors (Lipinski definition) is 4. The minimum absolute atomic E-state index is 0.000814. The molecule has 1 aromatic heterocycles. The second kappa shape index (κ2) is 7.38. The zero-order valence-electron chi connectivity index (χ0n) is 11.7. The number of likely N-dealkylation sites (tertiary alicyclic amines) is 1. The topological polar surface area (TPSA) is 88.3 Å². The molecule has 1 aromatic rings. The van der Waals surface area contributed by atoms with Crippen LogP contribution in [-0.2, 0) is 16.1 Å². The summed E-state index contributed by atoms with van der Waals surface area (Å²) in [5.74, 6) is -0.458. The summed E-state index contributed by atoms with van der Waals surface area (Å²) in [7, 11) is 0. The van der Waals surface area contributed by atoms with Crippen molar-refractivity contribution >= 4 is 23.4 Å². The standard InChI is InChI=1S/C14H19ClN4O2/c15-12-4-3-10(6-17-12)7-18-14(21)11-2-1-5-19(8-11)9-13(16)20/h3-4,6,11H,1-2,5,7-9H2,(H2,16,20)(H,18,21)/t11-/m1/s1. The van der Waals surface area contributed by atoms with Crippen molar-refractivity contribution in [1.82, 2.24) is 15.2 Å². The van der Waals surface area contributed by atoms with Gasteiger partial charge in [0.1, 0.15) is 5.15 Å². The van der Waals surface area contributed by atoms with Crippen molar-refractivity contribution in [2.24, 2.45) is 11.7 Å². The first kappa shape index (κ1) is 15.7. The largest absolute Gasteiger partial charge is 0.369 e. The number of halogens is 1. The quantitative estimate of drug-likeness (QED) is 0.777. The number of carbonyl (C=O) groups is 2. The van der Waals surface area contributed by atoms with Gasteiger partial charge in [0.05, 0.1) is 12.5 Å². The van der Waals surface area contributed by atoms with Crippen LogP contribution >= 0.6 is 11.6 Å². The Bertz CT molecular complexity index is 506. The van der Waals surface area contributed by atoms with Crippen LogP contribution in [0.4, 0.5) is 0 Å². The van der Waals surface area contributed by atoms with Crippen molar-refractivity contribution in [2.75, 3.05) is 19.6 Å². The summed E-state index contributed by atoms with van der Waals surface area (Å²) in [6.45, 7) is 2.03. The first-order valence-electron chi connectivity index (χ1n) is 6.93. The van der Waals surface area contributed by atoms with Crippen LogP contribution in [0.25, 0.3) is 0 Å². The van der Waals surface area contributed by atoms with E-state index in [9.17, 15) is 9.59 Å². The van der Waals surface area contributed by atoms with Gasteiger partial charge in [0.15, 0.2) is 0 Å². The minimum atomic E-state index is -0.358. The first-order chi connectivity index (χ1) is 10.0. The highest BCUT2D eigenvalue weighted by Gasteiger charge is 2.26. The van der Waals surface area contributed by atoms with Crippen LogP contribution < -0.4 is 11.1 Å². The molecule has 6 nitrogen and oxygen atoms in total. The van der Waals surface area contributed by atoms with Crippen LogP contribution in [0.1, 0.15) is 18.4 Å². The van der Waals surface area contributed by atoms with Crippen LogP contribution in [0.2, 0.25) is 5.15 Å². The Morgan fingerprint density at radius 1 is 1.48 bits per heavy atom. The van der Waals surface area contributed by atoms with Gasteiger partial charge in [-0.3, -0.25) is 14.5 Å². The lowest BCUT2D eigenvalue weighted by atomic mass is 9.97. The maximum absolute atomic E-state index is 12.2. The molecule has 114 valence electrons. The van der Waals surface area contributed by atoms with Gasteiger partial charge >= 0.3 is 0 Å². The number of hydrogen-bond donors (Lipinski definition) is 2. The lowest BCUT2D eigenvalue weighted by Crippen LogP contribution is -2.45. The highest BCUT2D eigenvalue weighted by Crippen LogP contribution is 2.16. The molecule has 2 heterocycles. The number of aromatic nitrogens is 1. The van der Waals surface area contributed by atoms with Crippen molar-refractivity contribution in [2.45, 2.75) is 19.4 Å². The van der Waals surface area contributed by atoms with Crippen LogP contribution in [0.3, 0.4) is 0 Å². The number of nitrogens with one attached hydrogen (secondary N) is 1. The molecule has 1 aliphatic rings. The Morgan fingerprint density at radius 2 is 2.29 bits per heavy atom. The average Bonchev–Trinajstić information content (AvgIpc) is 2.46. The van der Waals surface area contributed by atoms with Crippen LogP contribution in [0.5, 0.6) is 0 Å². The molecule has 0 spiro atoms. The number of nitrogens with two attached hydrogens (primary N) is 1. The Hall–Kier alpha value is -1.66. The van der Waals surface area contributed by atoms with Gasteiger partial charge in [0.2, 0.25) is 11.8 Å². The molecule has 1 saturated heterocycles. The Morgan fingerprint density at radius 3 is 2.95 bits per heavy atom. The number of rotatable bonds is 5. The molecule has 21 heavy (non-hydrogen) atoms. The van der Waals surface area contributed by atoms with E-state index in [0.29, 0.717) is 18.2 Å². The van der Waals surface area contributed by atoms with Gasteiger partial charge < -0.3 is 11.1 Å². The van der Waals surface area contributed by atoms with Gasteiger partial charge in [-0.1, -0.05) is 17.7 Å². The van der Waals surface area contributed by atoms with Crippen molar-refractivity contribution in [3.05, 3.63) is 29.0 Å². The molecule has 1 aliphatic heterocycles. The van der Waals surface area contributed by atoms with Crippen molar-refractivity contribution in [3.63, 3.8) is 0 Å². The van der Waals surface area contributed by atoms with E-state index >= 15 is 0 Å². The third kappa shape index (κ3) is 4.99. The first-order valence-corrected chi connectivity index (χ1v) is 7.31. The fraction of sp³-hybridized carbons (Fsp3) is 0.500. The fourth-order valence-electron chi connectivity index (χ4n) is 2.48. The predicted molar refractivity (Wildman–Crippen MR) is 79.5 cm³/mol. The molecule has 2 rings (SSSR count). The smallest absolute Gasteiger partial charge is 0.231 e. The number of carbonyl (C=O) groups excluding carboxylic acids is 2. The van der Waals surface area contributed by atoms with Gasteiger partial charge in [-0.15, -0.1) is 0 Å². The Balaban J connectivity index is 1.82. The minimum Gasteiger partial charge on any atom is -0.369 e. The van der Waals surface area contributed by atoms with Crippen molar-refractivity contribution in [3.8, 4) is 0 Å². The zero-order chi connectivity index (χ0) is 15.2. The number of piperidine rings is 1. The zero-order valence-corrected chi connectivity index (χ0v) is 12.5. The average molecular weight is 311 g/mol. The monoisotopic (exact) mass is 310 g/mol. The lowest BCUT2D eigenvalue weighted by molar-refractivity contribution is -0.128. The highest BCUT2D eigenvalue weighted by molar-refractivity contribution is 6.29. The Kier molecular flexibility index (Phi) is 5.52. The molecule has 2 amide bonds. The van der Waals surface area contributed by atoms with Crippen LogP contribution in [-0.4, -0.2) is 41.3 Å². The summed E-state index contributed by atoms with van der Waals surface area (Å²) in [6.07, 6.45) is 3.37. The summed E-state index contributed by atoms with van der Waals surface area (Å²) in [5, 5.41) is 3.33. The van der Waals surface area contributed by atoms with Gasteiger partial charge in [-0.05, 0) is 31.0 Å². The molecule has 0 saturated carbocycles. The van der Waals surface area contributed by atoms with Gasteiger partial charge in [-0.25, -0.2) is 4.98 Å². The molecule has 1 fully saturated rings. The van der Waals surface area contributed by atoms with Crippen LogP contribution in [0, 0.1) is 5.92 Å². The van der Waals surface area contributed by atoms with Gasteiger partial charge in [-0.2, -0.15) is 0 Å². The lowest BCUT2D eigenvalue weighted by Gasteiger charge is -2.30. The molecule has 0 aliphatic carbocycles. The Labute approximate surface area is 128 Å². The van der Waals surface area contributed by atoms with Crippen LogP contribution in [0.15, 0.2) is 18.3 Å². The number of nitrogens with zero attached hydrogens (tertiary/aromatic N) is 2. The van der Waals surface area contributed by atoms with E-state index in [1.807, 2.05) is 11.0 Å². The molecule has 3 N–H and O–H groups in total. The fourth-order valence-corrected chi connectivity index (χ4v) is 2.59. The molecule has 0 aromatic carbocycles. The summed E-state index contributed by atoms with van der Waals surface area (Å²) in [4.78, 5) is 29.0. The van der Waals surface area contributed by atoms with E-state index in [0.717, 1.165) is 24.9 Å². The van der Waals surface area contributed by atoms with E-state index in [2.05, 4.69) is 10.3 Å². The van der Waals surface area contributed by atoms with E-state index < -0.39 is 0 Å².